The van der Waals surface area contributed by atoms with E-state index >= 15 is 0 Å². The maximum Gasteiger partial charge on any atom is 0.325 e. The third kappa shape index (κ3) is 2.26. The smallest absolute Gasteiger partial charge is 0.325 e. The number of esters is 1. The fourth-order valence-corrected chi connectivity index (χ4v) is 3.51. The van der Waals surface area contributed by atoms with Gasteiger partial charge >= 0.3 is 5.97 Å². The number of hydrogen-bond donors (Lipinski definition) is 1. The van der Waals surface area contributed by atoms with Gasteiger partial charge in [0, 0.05) is 5.22 Å². The van der Waals surface area contributed by atoms with Crippen molar-refractivity contribution in [1.29, 1.82) is 0 Å². The van der Waals surface area contributed by atoms with Gasteiger partial charge in [0.05, 0.1) is 18.0 Å². The van der Waals surface area contributed by atoms with Crippen molar-refractivity contribution in [3.05, 3.63) is 43.7 Å². The van der Waals surface area contributed by atoms with Crippen LogP contribution in [0.25, 0.3) is 5.57 Å². The Morgan fingerprint density at radius 1 is 1.45 bits per heavy atom. The number of hydrogen-bond acceptors (Lipinski definition) is 6. The lowest BCUT2D eigenvalue weighted by Gasteiger charge is -2.03. The standard InChI is InChI=1S/C14H10N2O4S2/c1-20-9(17)6-16-13(19)11(22-14(16)21)10-7-4-2-3-5-8(7)15-12(10)18/h2-5,19H,6H2,1H3. The van der Waals surface area contributed by atoms with E-state index < -0.39 is 11.9 Å². The van der Waals surface area contributed by atoms with Crippen LogP contribution in [0.2, 0.25) is 0 Å². The molecule has 1 aliphatic rings. The summed E-state index contributed by atoms with van der Waals surface area (Å²) >= 11 is 6.22. The van der Waals surface area contributed by atoms with Crippen LogP contribution in [0.1, 0.15) is 4.88 Å². The second-order valence-electron chi connectivity index (χ2n) is 4.49. The summed E-state index contributed by atoms with van der Waals surface area (Å²) < 4.78 is 6.09. The first-order chi connectivity index (χ1) is 10.5. The summed E-state index contributed by atoms with van der Waals surface area (Å²) in [6, 6.07) is 7.05. The number of amides is 1. The monoisotopic (exact) mass is 334 g/mol. The third-order valence-electron chi connectivity index (χ3n) is 3.22. The van der Waals surface area contributed by atoms with E-state index in [1.54, 1.807) is 24.3 Å². The van der Waals surface area contributed by atoms with Gasteiger partial charge in [0.2, 0.25) is 5.88 Å². The minimum Gasteiger partial charge on any atom is -0.493 e. The molecular formula is C14H10N2O4S2. The average molecular weight is 334 g/mol. The molecular weight excluding hydrogens is 324 g/mol. The first-order valence-corrected chi connectivity index (χ1v) is 7.47. The second kappa shape index (κ2) is 5.47. The number of para-hydroxylation sites is 1. The van der Waals surface area contributed by atoms with Crippen LogP contribution in [0.5, 0.6) is 5.88 Å². The highest BCUT2D eigenvalue weighted by atomic mass is 32.1. The number of benzene rings is 1. The maximum atomic E-state index is 12.1. The zero-order valence-electron chi connectivity index (χ0n) is 11.4. The van der Waals surface area contributed by atoms with E-state index in [0.29, 0.717) is 21.0 Å². The number of nitrogens with zero attached hydrogens (tertiary/aromatic N) is 2. The molecule has 0 saturated carbocycles. The number of aromatic nitrogens is 1. The lowest BCUT2D eigenvalue weighted by atomic mass is 10.1. The van der Waals surface area contributed by atoms with E-state index in [-0.39, 0.29) is 16.4 Å². The first-order valence-electron chi connectivity index (χ1n) is 6.25. The Morgan fingerprint density at radius 2 is 2.18 bits per heavy atom. The minimum atomic E-state index is -0.538. The predicted octanol–water partition coefficient (Wildman–Crippen LogP) is 0.516. The van der Waals surface area contributed by atoms with E-state index in [9.17, 15) is 14.7 Å². The van der Waals surface area contributed by atoms with Gasteiger partial charge in [-0.05, 0) is 18.3 Å². The summed E-state index contributed by atoms with van der Waals surface area (Å²) in [6.07, 6.45) is 0. The average Bonchev–Trinajstić information content (AvgIpc) is 2.97. The molecule has 6 nitrogen and oxygen atoms in total. The highest BCUT2D eigenvalue weighted by Crippen LogP contribution is 2.32. The lowest BCUT2D eigenvalue weighted by Crippen LogP contribution is -2.22. The summed E-state index contributed by atoms with van der Waals surface area (Å²) in [6.45, 7) is -0.210. The molecule has 0 radical (unpaired) electrons. The van der Waals surface area contributed by atoms with Gasteiger partial charge in [-0.15, -0.1) is 11.3 Å². The molecule has 1 aromatic heterocycles. The molecule has 0 atom stereocenters. The number of aromatic hydroxyl groups is 1. The molecule has 0 fully saturated rings. The Bertz CT molecular complexity index is 971. The number of rotatable bonds is 3. The van der Waals surface area contributed by atoms with Gasteiger partial charge in [-0.1, -0.05) is 18.2 Å². The minimum absolute atomic E-state index is 0.210. The zero-order valence-corrected chi connectivity index (χ0v) is 13.0. The highest BCUT2D eigenvalue weighted by molar-refractivity contribution is 7.73. The number of carbonyl (C=O) groups excluding carboxylic acids is 2. The van der Waals surface area contributed by atoms with E-state index in [4.69, 9.17) is 12.2 Å². The van der Waals surface area contributed by atoms with Crippen LogP contribution >= 0.6 is 23.6 Å². The van der Waals surface area contributed by atoms with E-state index in [1.807, 2.05) is 0 Å². The number of carbonyl (C=O) groups is 2. The molecule has 3 rings (SSSR count). The van der Waals surface area contributed by atoms with Crippen molar-refractivity contribution < 1.29 is 19.4 Å². The van der Waals surface area contributed by atoms with Crippen molar-refractivity contribution in [3.8, 4) is 5.88 Å². The lowest BCUT2D eigenvalue weighted by molar-refractivity contribution is -0.141. The summed E-state index contributed by atoms with van der Waals surface area (Å²) in [4.78, 5) is 27.8. The summed E-state index contributed by atoms with van der Waals surface area (Å²) in [5.74, 6) is -1.20. The predicted molar refractivity (Wildman–Crippen MR) is 81.6 cm³/mol. The number of fused-ring (bicyclic) bond motifs is 1. The van der Waals surface area contributed by atoms with Gasteiger partial charge in [-0.2, -0.15) is 0 Å². The van der Waals surface area contributed by atoms with Crippen LogP contribution in [0.4, 0.5) is 0 Å². The van der Waals surface area contributed by atoms with Gasteiger partial charge in [-0.3, -0.25) is 14.2 Å². The van der Waals surface area contributed by atoms with Crippen LogP contribution < -0.4 is 10.6 Å². The Balaban J connectivity index is 2.22. The molecule has 0 saturated heterocycles. The summed E-state index contributed by atoms with van der Waals surface area (Å²) in [5.41, 5.74) is 0.299. The van der Waals surface area contributed by atoms with Crippen molar-refractivity contribution in [2.75, 3.05) is 7.11 Å². The summed E-state index contributed by atoms with van der Waals surface area (Å²) in [5, 5.41) is 11.5. The Labute approximate surface area is 133 Å². The Morgan fingerprint density at radius 3 is 2.91 bits per heavy atom. The van der Waals surface area contributed by atoms with Crippen LogP contribution in [-0.4, -0.2) is 28.7 Å². The van der Waals surface area contributed by atoms with Crippen molar-refractivity contribution in [1.82, 2.24) is 4.57 Å². The van der Waals surface area contributed by atoms with Crippen molar-refractivity contribution in [2.24, 2.45) is 4.99 Å². The normalized spacial score (nSPS) is 13.0. The number of thiazole rings is 1. The van der Waals surface area contributed by atoms with Crippen LogP contribution in [0.3, 0.4) is 0 Å². The van der Waals surface area contributed by atoms with Gasteiger partial charge in [0.15, 0.2) is 3.95 Å². The van der Waals surface area contributed by atoms with E-state index in [1.165, 1.54) is 11.7 Å². The number of ether oxygens (including phenoxy) is 1. The summed E-state index contributed by atoms with van der Waals surface area (Å²) in [7, 11) is 1.25. The van der Waals surface area contributed by atoms with Crippen molar-refractivity contribution in [3.63, 3.8) is 0 Å². The largest absolute Gasteiger partial charge is 0.493 e. The molecule has 1 N–H and O–H groups in total. The van der Waals surface area contributed by atoms with Crippen LogP contribution in [0.15, 0.2) is 29.3 Å². The van der Waals surface area contributed by atoms with Gasteiger partial charge in [0.1, 0.15) is 11.4 Å². The molecule has 22 heavy (non-hydrogen) atoms. The van der Waals surface area contributed by atoms with Crippen LogP contribution in [-0.2, 0) is 20.9 Å². The second-order valence-corrected chi connectivity index (χ2v) is 6.14. The SMILES string of the molecule is COC(=O)Cn1c(O)c(C2=c3ccccc3=NC2=O)sc1=S. The van der Waals surface area contributed by atoms with Crippen LogP contribution in [0, 0.1) is 3.95 Å². The fourth-order valence-electron chi connectivity index (χ4n) is 2.18. The van der Waals surface area contributed by atoms with Gasteiger partial charge < -0.3 is 9.84 Å². The molecule has 1 amide bonds. The van der Waals surface area contributed by atoms with E-state index in [2.05, 4.69) is 9.73 Å². The number of methoxy groups -OCH3 is 1. The molecule has 8 heteroatoms. The van der Waals surface area contributed by atoms with Crippen molar-refractivity contribution in [2.45, 2.75) is 6.54 Å². The topological polar surface area (TPSA) is 80.9 Å². The quantitative estimate of drug-likeness (QED) is 0.654. The highest BCUT2D eigenvalue weighted by Gasteiger charge is 2.25. The first kappa shape index (κ1) is 14.6. The van der Waals surface area contributed by atoms with Crippen molar-refractivity contribution >= 4 is 41.0 Å². The molecule has 0 aliphatic carbocycles. The molecule has 1 aliphatic heterocycles. The van der Waals surface area contributed by atoms with Gasteiger partial charge in [-0.25, -0.2) is 4.99 Å². The third-order valence-corrected chi connectivity index (χ3v) is 4.68. The molecule has 0 spiro atoms. The molecule has 0 bridgehead atoms. The molecule has 0 unspecified atom stereocenters. The Hall–Kier alpha value is -2.32. The molecule has 1 aromatic carbocycles. The maximum absolute atomic E-state index is 12.1. The fraction of sp³-hybridized carbons (Fsp3) is 0.143. The molecule has 2 heterocycles. The Kier molecular flexibility index (Phi) is 3.63. The van der Waals surface area contributed by atoms with Gasteiger partial charge in [0.25, 0.3) is 5.91 Å². The molecule has 112 valence electrons. The van der Waals surface area contributed by atoms with E-state index in [0.717, 1.165) is 11.3 Å². The molecule has 2 aromatic rings. The zero-order chi connectivity index (χ0) is 15.9.